The van der Waals surface area contributed by atoms with Crippen molar-refractivity contribution in [1.82, 2.24) is 0 Å². The lowest BCUT2D eigenvalue weighted by atomic mass is 9.91. The number of esters is 2. The van der Waals surface area contributed by atoms with E-state index >= 15 is 0 Å². The molecule has 90 valence electrons. The van der Waals surface area contributed by atoms with E-state index in [-0.39, 0.29) is 24.4 Å². The molecule has 0 aliphatic carbocycles. The molecule has 1 aliphatic heterocycles. The SMILES string of the molecule is CC[C@H]1OC(=O)C[C@@H]1/C(=C\OC)C(=O)OC. The molecule has 1 rings (SSSR count). The molecule has 0 bridgehead atoms. The highest BCUT2D eigenvalue weighted by atomic mass is 16.6. The molecule has 5 heteroatoms. The molecule has 0 aromatic heterocycles. The number of ether oxygens (including phenoxy) is 3. The monoisotopic (exact) mass is 228 g/mol. The summed E-state index contributed by atoms with van der Waals surface area (Å²) < 4.78 is 14.6. The molecule has 0 N–H and O–H groups in total. The van der Waals surface area contributed by atoms with Crippen LogP contribution in [0.2, 0.25) is 0 Å². The number of hydrogen-bond donors (Lipinski definition) is 0. The van der Waals surface area contributed by atoms with Crippen molar-refractivity contribution < 1.29 is 23.8 Å². The molecule has 2 atom stereocenters. The lowest BCUT2D eigenvalue weighted by molar-refractivity contribution is -0.142. The van der Waals surface area contributed by atoms with Crippen molar-refractivity contribution in [3.63, 3.8) is 0 Å². The highest BCUT2D eigenvalue weighted by Gasteiger charge is 2.39. The largest absolute Gasteiger partial charge is 0.504 e. The van der Waals surface area contributed by atoms with Gasteiger partial charge in [0.1, 0.15) is 6.10 Å². The van der Waals surface area contributed by atoms with Crippen LogP contribution in [0.4, 0.5) is 0 Å². The maximum Gasteiger partial charge on any atom is 0.337 e. The standard InChI is InChI=1S/C11H16O5/c1-4-9-7(5-10(12)16-9)8(6-14-2)11(13)15-3/h6-7,9H,4-5H2,1-3H3/b8-6+/t7-,9-/m1/s1. The summed E-state index contributed by atoms with van der Waals surface area (Å²) in [4.78, 5) is 22.7. The molecule has 5 nitrogen and oxygen atoms in total. The molecule has 1 heterocycles. The molecule has 0 radical (unpaired) electrons. The van der Waals surface area contributed by atoms with Gasteiger partial charge in [0.15, 0.2) is 0 Å². The van der Waals surface area contributed by atoms with Crippen LogP contribution in [-0.4, -0.2) is 32.3 Å². The van der Waals surface area contributed by atoms with Crippen LogP contribution in [0.1, 0.15) is 19.8 Å². The maximum atomic E-state index is 11.5. The zero-order valence-electron chi connectivity index (χ0n) is 9.69. The van der Waals surface area contributed by atoms with E-state index in [1.165, 1.54) is 20.5 Å². The molecule has 0 amide bonds. The van der Waals surface area contributed by atoms with E-state index in [1.54, 1.807) is 0 Å². The smallest absolute Gasteiger partial charge is 0.337 e. The number of carbonyl (C=O) groups excluding carboxylic acids is 2. The topological polar surface area (TPSA) is 61.8 Å². The molecule has 1 aliphatic rings. The summed E-state index contributed by atoms with van der Waals surface area (Å²) in [5, 5.41) is 0. The average Bonchev–Trinajstić information content (AvgIpc) is 2.66. The van der Waals surface area contributed by atoms with Gasteiger partial charge in [0, 0.05) is 5.92 Å². The van der Waals surface area contributed by atoms with Crippen LogP contribution in [0, 0.1) is 5.92 Å². The van der Waals surface area contributed by atoms with E-state index < -0.39 is 5.97 Å². The Kier molecular flexibility index (Phi) is 4.34. The number of rotatable bonds is 4. The summed E-state index contributed by atoms with van der Waals surface area (Å²) >= 11 is 0. The number of carbonyl (C=O) groups is 2. The van der Waals surface area contributed by atoms with E-state index in [0.717, 1.165) is 0 Å². The van der Waals surface area contributed by atoms with Crippen LogP contribution in [0.3, 0.4) is 0 Å². The molecular formula is C11H16O5. The third-order valence-electron chi connectivity index (χ3n) is 2.59. The van der Waals surface area contributed by atoms with Gasteiger partial charge in [-0.3, -0.25) is 4.79 Å². The van der Waals surface area contributed by atoms with Crippen molar-refractivity contribution in [2.24, 2.45) is 5.92 Å². The minimum Gasteiger partial charge on any atom is -0.504 e. The first kappa shape index (κ1) is 12.5. The summed E-state index contributed by atoms with van der Waals surface area (Å²) in [5.41, 5.74) is 0.350. The van der Waals surface area contributed by atoms with Crippen molar-refractivity contribution in [3.05, 3.63) is 11.8 Å². The second-order valence-electron chi connectivity index (χ2n) is 3.55. The highest BCUT2D eigenvalue weighted by molar-refractivity contribution is 5.90. The normalized spacial score (nSPS) is 25.2. The molecule has 0 unspecified atom stereocenters. The molecule has 0 saturated carbocycles. The van der Waals surface area contributed by atoms with Gasteiger partial charge in [-0.1, -0.05) is 6.92 Å². The number of hydrogen-bond acceptors (Lipinski definition) is 5. The van der Waals surface area contributed by atoms with Crippen molar-refractivity contribution in [1.29, 1.82) is 0 Å². The second-order valence-corrected chi connectivity index (χ2v) is 3.55. The van der Waals surface area contributed by atoms with Crippen LogP contribution in [0.15, 0.2) is 11.8 Å². The van der Waals surface area contributed by atoms with Crippen LogP contribution in [0.5, 0.6) is 0 Å². The van der Waals surface area contributed by atoms with Crippen LogP contribution < -0.4 is 0 Å². The Hall–Kier alpha value is -1.52. The Morgan fingerprint density at radius 3 is 2.75 bits per heavy atom. The fraction of sp³-hybridized carbons (Fsp3) is 0.636. The Balaban J connectivity index is 2.90. The zero-order chi connectivity index (χ0) is 12.1. The first-order valence-electron chi connectivity index (χ1n) is 5.14. The minimum absolute atomic E-state index is 0.197. The fourth-order valence-corrected chi connectivity index (χ4v) is 1.82. The summed E-state index contributed by atoms with van der Waals surface area (Å²) in [6.07, 6.45) is 1.91. The van der Waals surface area contributed by atoms with Crippen molar-refractivity contribution in [3.8, 4) is 0 Å². The Morgan fingerprint density at radius 1 is 1.56 bits per heavy atom. The number of methoxy groups -OCH3 is 2. The second kappa shape index (κ2) is 5.53. The van der Waals surface area contributed by atoms with Crippen molar-refractivity contribution in [2.75, 3.05) is 14.2 Å². The van der Waals surface area contributed by atoms with Gasteiger partial charge < -0.3 is 14.2 Å². The summed E-state index contributed by atoms with van der Waals surface area (Å²) in [6.45, 7) is 1.90. The van der Waals surface area contributed by atoms with Crippen LogP contribution >= 0.6 is 0 Å². The van der Waals surface area contributed by atoms with E-state index in [1.807, 2.05) is 6.92 Å². The van der Waals surface area contributed by atoms with E-state index in [2.05, 4.69) is 4.74 Å². The summed E-state index contributed by atoms with van der Waals surface area (Å²) in [5.74, 6) is -1.05. The molecule has 0 aromatic carbocycles. The lowest BCUT2D eigenvalue weighted by Crippen LogP contribution is -2.22. The quantitative estimate of drug-likeness (QED) is 0.408. The lowest BCUT2D eigenvalue weighted by Gasteiger charge is -2.16. The molecule has 1 fully saturated rings. The molecule has 0 spiro atoms. The maximum absolute atomic E-state index is 11.5. The fourth-order valence-electron chi connectivity index (χ4n) is 1.82. The molecule has 16 heavy (non-hydrogen) atoms. The van der Waals surface area contributed by atoms with Gasteiger partial charge >= 0.3 is 11.9 Å². The van der Waals surface area contributed by atoms with Crippen LogP contribution in [-0.2, 0) is 23.8 Å². The third kappa shape index (κ3) is 2.53. The average molecular weight is 228 g/mol. The van der Waals surface area contributed by atoms with Crippen molar-refractivity contribution >= 4 is 11.9 Å². The summed E-state index contributed by atoms with van der Waals surface area (Å²) in [7, 11) is 2.74. The van der Waals surface area contributed by atoms with E-state index in [9.17, 15) is 9.59 Å². The zero-order valence-corrected chi connectivity index (χ0v) is 9.69. The Morgan fingerprint density at radius 2 is 2.25 bits per heavy atom. The van der Waals surface area contributed by atoms with Gasteiger partial charge in [0.25, 0.3) is 0 Å². The van der Waals surface area contributed by atoms with Crippen molar-refractivity contribution in [2.45, 2.75) is 25.9 Å². The number of cyclic esters (lactones) is 1. The summed E-state index contributed by atoms with van der Waals surface area (Å²) in [6, 6.07) is 0. The third-order valence-corrected chi connectivity index (χ3v) is 2.59. The van der Waals surface area contributed by atoms with Gasteiger partial charge in [0.05, 0.1) is 32.5 Å². The predicted molar refractivity (Wildman–Crippen MR) is 55.4 cm³/mol. The van der Waals surface area contributed by atoms with E-state index in [0.29, 0.717) is 12.0 Å². The van der Waals surface area contributed by atoms with Gasteiger partial charge in [-0.25, -0.2) is 4.79 Å². The first-order valence-corrected chi connectivity index (χ1v) is 5.14. The Labute approximate surface area is 94.4 Å². The first-order chi connectivity index (χ1) is 7.63. The van der Waals surface area contributed by atoms with Gasteiger partial charge in [0.2, 0.25) is 0 Å². The van der Waals surface area contributed by atoms with Gasteiger partial charge in [-0.05, 0) is 6.42 Å². The minimum atomic E-state index is -0.483. The van der Waals surface area contributed by atoms with Gasteiger partial charge in [-0.2, -0.15) is 0 Å². The predicted octanol–water partition coefficient (Wildman–Crippen LogP) is 1.03. The molecule has 1 saturated heterocycles. The van der Waals surface area contributed by atoms with Gasteiger partial charge in [-0.15, -0.1) is 0 Å². The molecule has 0 aromatic rings. The Bertz CT molecular complexity index is 307. The van der Waals surface area contributed by atoms with E-state index in [4.69, 9.17) is 9.47 Å². The van der Waals surface area contributed by atoms with Crippen LogP contribution in [0.25, 0.3) is 0 Å². The molecular weight excluding hydrogens is 212 g/mol. The highest BCUT2D eigenvalue weighted by Crippen LogP contribution is 2.31.